The van der Waals surface area contributed by atoms with Crippen molar-refractivity contribution in [3.8, 4) is 0 Å². The second-order valence-corrected chi connectivity index (χ2v) is 5.98. The summed E-state index contributed by atoms with van der Waals surface area (Å²) in [6.45, 7) is 0. The minimum atomic E-state index is -0.871. The first-order valence-corrected chi connectivity index (χ1v) is 8.14. The van der Waals surface area contributed by atoms with E-state index in [1.807, 2.05) is 0 Å². The van der Waals surface area contributed by atoms with Crippen molar-refractivity contribution in [3.05, 3.63) is 70.3 Å². The zero-order valence-corrected chi connectivity index (χ0v) is 14.8. The van der Waals surface area contributed by atoms with Crippen molar-refractivity contribution in [1.82, 2.24) is 5.32 Å². The molecule has 3 rings (SSSR count). The molecule has 7 nitrogen and oxygen atoms in total. The number of anilines is 1. The van der Waals surface area contributed by atoms with E-state index in [4.69, 9.17) is 11.6 Å². The number of nitrogens with zero attached hydrogens (tertiary/aromatic N) is 1. The van der Waals surface area contributed by atoms with Crippen LogP contribution in [0.3, 0.4) is 0 Å². The number of rotatable bonds is 3. The molecule has 8 heteroatoms. The van der Waals surface area contributed by atoms with Gasteiger partial charge in [0.2, 0.25) is 0 Å². The number of barbiturate groups is 1. The number of ether oxygens (including phenoxy) is 1. The summed E-state index contributed by atoms with van der Waals surface area (Å²) in [5.74, 6) is -2.11. The summed E-state index contributed by atoms with van der Waals surface area (Å²) in [6, 6.07) is 11.3. The van der Waals surface area contributed by atoms with E-state index in [1.165, 1.54) is 37.5 Å². The van der Waals surface area contributed by atoms with Gasteiger partial charge in [-0.05, 0) is 48.0 Å². The average molecular weight is 385 g/mol. The molecule has 2 aromatic rings. The van der Waals surface area contributed by atoms with E-state index in [1.54, 1.807) is 24.3 Å². The van der Waals surface area contributed by atoms with Gasteiger partial charge in [-0.1, -0.05) is 23.7 Å². The Balaban J connectivity index is 1.95. The van der Waals surface area contributed by atoms with Crippen LogP contribution >= 0.6 is 11.6 Å². The second-order valence-electron chi connectivity index (χ2n) is 5.55. The molecule has 0 unspecified atom stereocenters. The first kappa shape index (κ1) is 18.3. The van der Waals surface area contributed by atoms with Gasteiger partial charge in [0.1, 0.15) is 5.57 Å². The van der Waals surface area contributed by atoms with E-state index in [-0.39, 0.29) is 16.8 Å². The lowest BCUT2D eigenvalue weighted by Gasteiger charge is -2.26. The number of esters is 1. The lowest BCUT2D eigenvalue weighted by Crippen LogP contribution is -2.54. The Bertz CT molecular complexity index is 965. The summed E-state index contributed by atoms with van der Waals surface area (Å²) in [5.41, 5.74) is 0.848. The number of methoxy groups -OCH3 is 1. The minimum absolute atomic E-state index is 0.200. The minimum Gasteiger partial charge on any atom is -0.465 e. The molecule has 2 aromatic carbocycles. The number of nitrogens with one attached hydrogen (secondary N) is 1. The topological polar surface area (TPSA) is 92.8 Å². The number of carbonyl (C=O) groups is 4. The monoisotopic (exact) mass is 384 g/mol. The summed E-state index contributed by atoms with van der Waals surface area (Å²) in [6.07, 6.45) is 1.37. The van der Waals surface area contributed by atoms with Gasteiger partial charge in [-0.2, -0.15) is 0 Å². The first-order valence-electron chi connectivity index (χ1n) is 7.76. The van der Waals surface area contributed by atoms with E-state index in [0.29, 0.717) is 10.6 Å². The van der Waals surface area contributed by atoms with Crippen molar-refractivity contribution in [3.63, 3.8) is 0 Å². The van der Waals surface area contributed by atoms with Gasteiger partial charge < -0.3 is 4.74 Å². The number of urea groups is 1. The molecule has 0 aliphatic carbocycles. The molecule has 1 aliphatic rings. The molecule has 1 aliphatic heterocycles. The highest BCUT2D eigenvalue weighted by Gasteiger charge is 2.36. The molecule has 0 aromatic heterocycles. The van der Waals surface area contributed by atoms with E-state index < -0.39 is 23.8 Å². The smallest absolute Gasteiger partial charge is 0.337 e. The quantitative estimate of drug-likeness (QED) is 0.499. The third-order valence-corrected chi connectivity index (χ3v) is 4.08. The Labute approximate surface area is 159 Å². The maximum atomic E-state index is 12.8. The molecule has 0 radical (unpaired) electrons. The van der Waals surface area contributed by atoms with Crippen molar-refractivity contribution >= 4 is 47.2 Å². The number of amides is 4. The highest BCUT2D eigenvalue weighted by atomic mass is 35.5. The number of hydrogen-bond acceptors (Lipinski definition) is 5. The Hall–Kier alpha value is -3.45. The molecular weight excluding hydrogens is 372 g/mol. The van der Waals surface area contributed by atoms with Crippen LogP contribution in [0.5, 0.6) is 0 Å². The van der Waals surface area contributed by atoms with Crippen LogP contribution in [0.15, 0.2) is 54.1 Å². The van der Waals surface area contributed by atoms with Crippen LogP contribution in [-0.4, -0.2) is 30.9 Å². The standard InChI is InChI=1S/C19H13ClN2O5/c1-27-18(25)12-4-8-14(9-5-12)22-17(24)15(16(23)21-19(22)26)10-11-2-6-13(20)7-3-11/h2-10H,1H3,(H,21,23,26)/b15-10+. The summed E-state index contributed by atoms with van der Waals surface area (Å²) in [4.78, 5) is 49.4. The predicted molar refractivity (Wildman–Crippen MR) is 98.2 cm³/mol. The number of halogens is 1. The van der Waals surface area contributed by atoms with E-state index in [2.05, 4.69) is 10.1 Å². The fourth-order valence-electron chi connectivity index (χ4n) is 2.48. The second kappa shape index (κ2) is 7.43. The SMILES string of the molecule is COC(=O)c1ccc(N2C(=O)NC(=O)/C(=C\c3ccc(Cl)cc3)C2=O)cc1. The number of hydrogen-bond donors (Lipinski definition) is 1. The average Bonchev–Trinajstić information content (AvgIpc) is 2.66. The van der Waals surface area contributed by atoms with Crippen molar-refractivity contribution in [2.24, 2.45) is 0 Å². The Morgan fingerprint density at radius 1 is 1.04 bits per heavy atom. The molecule has 1 heterocycles. The Morgan fingerprint density at radius 3 is 2.26 bits per heavy atom. The van der Waals surface area contributed by atoms with Crippen LogP contribution in [-0.2, 0) is 14.3 Å². The largest absolute Gasteiger partial charge is 0.465 e. The van der Waals surface area contributed by atoms with Gasteiger partial charge in [0.15, 0.2) is 0 Å². The van der Waals surface area contributed by atoms with Crippen LogP contribution in [0, 0.1) is 0 Å². The maximum Gasteiger partial charge on any atom is 0.337 e. The van der Waals surface area contributed by atoms with Crippen molar-refractivity contribution < 1.29 is 23.9 Å². The Kier molecular flexibility index (Phi) is 5.05. The molecule has 27 heavy (non-hydrogen) atoms. The van der Waals surface area contributed by atoms with Gasteiger partial charge >= 0.3 is 12.0 Å². The number of benzene rings is 2. The highest BCUT2D eigenvalue weighted by molar-refractivity contribution is 6.39. The summed E-state index contributed by atoms with van der Waals surface area (Å²) in [5, 5.41) is 2.64. The van der Waals surface area contributed by atoms with E-state index in [0.717, 1.165) is 4.90 Å². The molecule has 1 fully saturated rings. The summed E-state index contributed by atoms with van der Waals surface area (Å²) in [7, 11) is 1.25. The van der Waals surface area contributed by atoms with Crippen molar-refractivity contribution in [2.75, 3.05) is 12.0 Å². The number of imide groups is 2. The van der Waals surface area contributed by atoms with Gasteiger partial charge in [0, 0.05) is 5.02 Å². The first-order chi connectivity index (χ1) is 12.9. The zero-order chi connectivity index (χ0) is 19.6. The predicted octanol–water partition coefficient (Wildman–Crippen LogP) is 2.79. The van der Waals surface area contributed by atoms with Gasteiger partial charge in [-0.15, -0.1) is 0 Å². The van der Waals surface area contributed by atoms with Crippen molar-refractivity contribution in [1.29, 1.82) is 0 Å². The van der Waals surface area contributed by atoms with Gasteiger partial charge in [0.05, 0.1) is 18.4 Å². The van der Waals surface area contributed by atoms with Gasteiger partial charge in [0.25, 0.3) is 11.8 Å². The van der Waals surface area contributed by atoms with Crippen LogP contribution < -0.4 is 10.2 Å². The molecular formula is C19H13ClN2O5. The van der Waals surface area contributed by atoms with Crippen LogP contribution in [0.4, 0.5) is 10.5 Å². The van der Waals surface area contributed by atoms with E-state index >= 15 is 0 Å². The van der Waals surface area contributed by atoms with Gasteiger partial charge in [-0.25, -0.2) is 14.5 Å². The molecule has 0 saturated carbocycles. The Morgan fingerprint density at radius 2 is 1.67 bits per heavy atom. The molecule has 4 amide bonds. The third kappa shape index (κ3) is 3.73. The fourth-order valence-corrected chi connectivity index (χ4v) is 2.61. The summed E-state index contributed by atoms with van der Waals surface area (Å²) < 4.78 is 4.61. The third-order valence-electron chi connectivity index (χ3n) is 3.83. The van der Waals surface area contributed by atoms with Crippen LogP contribution in [0.25, 0.3) is 6.08 Å². The van der Waals surface area contributed by atoms with Crippen LogP contribution in [0.1, 0.15) is 15.9 Å². The van der Waals surface area contributed by atoms with Gasteiger partial charge in [-0.3, -0.25) is 14.9 Å². The lowest BCUT2D eigenvalue weighted by atomic mass is 10.1. The molecule has 1 saturated heterocycles. The molecule has 0 bridgehead atoms. The van der Waals surface area contributed by atoms with E-state index in [9.17, 15) is 19.2 Å². The maximum absolute atomic E-state index is 12.8. The molecule has 136 valence electrons. The molecule has 1 N–H and O–H groups in total. The number of carbonyl (C=O) groups excluding carboxylic acids is 4. The fraction of sp³-hybridized carbons (Fsp3) is 0.0526. The van der Waals surface area contributed by atoms with Crippen molar-refractivity contribution in [2.45, 2.75) is 0 Å². The molecule has 0 spiro atoms. The zero-order valence-electron chi connectivity index (χ0n) is 14.1. The highest BCUT2D eigenvalue weighted by Crippen LogP contribution is 2.23. The lowest BCUT2D eigenvalue weighted by molar-refractivity contribution is -0.122. The normalized spacial score (nSPS) is 15.7. The van der Waals surface area contributed by atoms with Crippen LogP contribution in [0.2, 0.25) is 5.02 Å². The molecule has 0 atom stereocenters. The summed E-state index contributed by atoms with van der Waals surface area (Å²) >= 11 is 5.83.